The molecule has 0 N–H and O–H groups in total. The molecule has 0 radical (unpaired) electrons. The van der Waals surface area contributed by atoms with Gasteiger partial charge >= 0.3 is 0 Å². The summed E-state index contributed by atoms with van der Waals surface area (Å²) in [6.07, 6.45) is 21.2. The first-order valence-electron chi connectivity index (χ1n) is 7.42. The van der Waals surface area contributed by atoms with E-state index < -0.39 is 0 Å². The van der Waals surface area contributed by atoms with Crippen LogP contribution in [-0.4, -0.2) is 0 Å². The first-order valence-corrected chi connectivity index (χ1v) is 7.42. The Labute approximate surface area is 119 Å². The molecule has 0 aromatic heterocycles. The van der Waals surface area contributed by atoms with Crippen molar-refractivity contribution in [2.45, 2.75) is 18.3 Å². The first kappa shape index (κ1) is 10.7. The van der Waals surface area contributed by atoms with E-state index in [2.05, 4.69) is 72.9 Å². The van der Waals surface area contributed by atoms with Crippen LogP contribution in [0.4, 0.5) is 0 Å². The number of rotatable bonds is 0. The summed E-state index contributed by atoms with van der Waals surface area (Å²) in [6, 6.07) is 8.89. The van der Waals surface area contributed by atoms with Crippen molar-refractivity contribution in [1.29, 1.82) is 0 Å². The molecule has 0 saturated heterocycles. The van der Waals surface area contributed by atoms with Gasteiger partial charge in [0.15, 0.2) is 0 Å². The summed E-state index contributed by atoms with van der Waals surface area (Å²) >= 11 is 0. The third-order valence-corrected chi connectivity index (χ3v) is 5.59. The van der Waals surface area contributed by atoms with Crippen LogP contribution in [0.1, 0.15) is 24.0 Å². The van der Waals surface area contributed by atoms with E-state index in [1.54, 1.807) is 5.57 Å². The largest absolute Gasteiger partial charge is 0.0860 e. The Morgan fingerprint density at radius 2 is 1.95 bits per heavy atom. The standard InChI is InChI=1S/C20H16/c1-2-7-18-15(5-1)8-9-17-11-10-16-6-3-12-19(16)13-4-14-20(17,18)19/h1-9,11-12,14H,10,13H2. The Hall–Kier alpha value is -2.08. The molecule has 20 heavy (non-hydrogen) atoms. The smallest absolute Gasteiger partial charge is 0.0516 e. The summed E-state index contributed by atoms with van der Waals surface area (Å²) in [4.78, 5) is 0. The normalized spacial score (nSPS) is 35.0. The molecular formula is C20H16. The molecule has 0 amide bonds. The molecule has 0 nitrogen and oxygen atoms in total. The van der Waals surface area contributed by atoms with E-state index >= 15 is 0 Å². The molecule has 0 aliphatic heterocycles. The third-order valence-electron chi connectivity index (χ3n) is 5.59. The lowest BCUT2D eigenvalue weighted by atomic mass is 9.51. The Bertz CT molecular complexity index is 769. The van der Waals surface area contributed by atoms with E-state index in [1.165, 1.54) is 16.7 Å². The molecule has 2 atom stereocenters. The topological polar surface area (TPSA) is 0 Å². The minimum atomic E-state index is 0.0371. The van der Waals surface area contributed by atoms with Gasteiger partial charge in [0.05, 0.1) is 5.41 Å². The van der Waals surface area contributed by atoms with Gasteiger partial charge in [-0.3, -0.25) is 0 Å². The Morgan fingerprint density at radius 3 is 2.95 bits per heavy atom. The van der Waals surface area contributed by atoms with E-state index in [0.29, 0.717) is 0 Å². The zero-order valence-electron chi connectivity index (χ0n) is 11.3. The first-order chi connectivity index (χ1) is 9.87. The number of allylic oxidation sites excluding steroid dienone is 9. The Balaban J connectivity index is 1.93. The van der Waals surface area contributed by atoms with Crippen molar-refractivity contribution in [3.63, 3.8) is 0 Å². The molecule has 2 spiro atoms. The molecule has 0 heteroatoms. The van der Waals surface area contributed by atoms with E-state index in [0.717, 1.165) is 12.8 Å². The summed E-state index contributed by atoms with van der Waals surface area (Å²) in [6.45, 7) is 0. The van der Waals surface area contributed by atoms with Gasteiger partial charge in [0.2, 0.25) is 0 Å². The molecule has 0 fully saturated rings. The van der Waals surface area contributed by atoms with Crippen molar-refractivity contribution in [2.75, 3.05) is 0 Å². The SMILES string of the molecule is C1=CC23CC=CC24C(=CCC3=C1)C=Cc1ccccc14. The van der Waals surface area contributed by atoms with Crippen molar-refractivity contribution >= 4 is 6.08 Å². The average molecular weight is 256 g/mol. The number of benzene rings is 1. The Morgan fingerprint density at radius 1 is 1.00 bits per heavy atom. The predicted octanol–water partition coefficient (Wildman–Crippen LogP) is 4.72. The average Bonchev–Trinajstić information content (AvgIpc) is 3.08. The van der Waals surface area contributed by atoms with E-state index in [-0.39, 0.29) is 10.8 Å². The molecule has 5 rings (SSSR count). The van der Waals surface area contributed by atoms with Crippen LogP contribution in [-0.2, 0) is 5.41 Å². The second-order valence-electron chi connectivity index (χ2n) is 6.22. The summed E-state index contributed by atoms with van der Waals surface area (Å²) in [5, 5.41) is 0. The van der Waals surface area contributed by atoms with Gasteiger partial charge in [-0.25, -0.2) is 0 Å². The van der Waals surface area contributed by atoms with E-state index in [4.69, 9.17) is 0 Å². The molecule has 4 aliphatic carbocycles. The maximum atomic E-state index is 2.46. The number of hydrogen-bond donors (Lipinski definition) is 0. The minimum Gasteiger partial charge on any atom is -0.0860 e. The highest BCUT2D eigenvalue weighted by Gasteiger charge is 2.58. The minimum absolute atomic E-state index is 0.0371. The highest BCUT2D eigenvalue weighted by Crippen LogP contribution is 2.65. The van der Waals surface area contributed by atoms with Gasteiger partial charge < -0.3 is 0 Å². The van der Waals surface area contributed by atoms with Crippen LogP contribution in [0.15, 0.2) is 77.9 Å². The van der Waals surface area contributed by atoms with Crippen LogP contribution >= 0.6 is 0 Å². The second kappa shape index (κ2) is 3.32. The quantitative estimate of drug-likeness (QED) is 0.589. The fourth-order valence-corrected chi connectivity index (χ4v) is 4.75. The van der Waals surface area contributed by atoms with Crippen LogP contribution in [0.3, 0.4) is 0 Å². The van der Waals surface area contributed by atoms with Crippen LogP contribution in [0, 0.1) is 5.41 Å². The Kier molecular flexibility index (Phi) is 1.77. The lowest BCUT2D eigenvalue weighted by Gasteiger charge is -2.50. The summed E-state index contributed by atoms with van der Waals surface area (Å²) in [5.41, 5.74) is 6.11. The van der Waals surface area contributed by atoms with Gasteiger partial charge in [0.1, 0.15) is 0 Å². The fourth-order valence-electron chi connectivity index (χ4n) is 4.75. The van der Waals surface area contributed by atoms with Gasteiger partial charge in [-0.1, -0.05) is 78.4 Å². The molecule has 2 unspecified atom stereocenters. The summed E-state index contributed by atoms with van der Waals surface area (Å²) < 4.78 is 0. The third kappa shape index (κ3) is 0.955. The molecular weight excluding hydrogens is 240 g/mol. The van der Waals surface area contributed by atoms with Crippen LogP contribution in [0.25, 0.3) is 6.08 Å². The van der Waals surface area contributed by atoms with Gasteiger partial charge in [0.25, 0.3) is 0 Å². The second-order valence-corrected chi connectivity index (χ2v) is 6.22. The van der Waals surface area contributed by atoms with Crippen LogP contribution in [0.2, 0.25) is 0 Å². The number of hydrogen-bond acceptors (Lipinski definition) is 0. The summed E-state index contributed by atoms with van der Waals surface area (Å²) in [5.74, 6) is 0. The maximum Gasteiger partial charge on any atom is 0.0516 e. The highest BCUT2D eigenvalue weighted by atomic mass is 14.6. The summed E-state index contributed by atoms with van der Waals surface area (Å²) in [7, 11) is 0. The molecule has 4 aliphatic rings. The van der Waals surface area contributed by atoms with Gasteiger partial charge in [-0.2, -0.15) is 0 Å². The molecule has 0 bridgehead atoms. The number of fused-ring (bicyclic) bond motifs is 1. The van der Waals surface area contributed by atoms with Crippen LogP contribution in [0.5, 0.6) is 0 Å². The fraction of sp³-hybridized carbons (Fsp3) is 0.200. The predicted molar refractivity (Wildman–Crippen MR) is 83.3 cm³/mol. The zero-order chi connectivity index (χ0) is 13.2. The highest BCUT2D eigenvalue weighted by molar-refractivity contribution is 5.74. The molecule has 0 heterocycles. The van der Waals surface area contributed by atoms with Crippen molar-refractivity contribution in [3.05, 3.63) is 89.1 Å². The van der Waals surface area contributed by atoms with Gasteiger partial charge in [-0.15, -0.1) is 0 Å². The van der Waals surface area contributed by atoms with Crippen molar-refractivity contribution in [3.8, 4) is 0 Å². The maximum absolute atomic E-state index is 2.46. The van der Waals surface area contributed by atoms with Gasteiger partial charge in [0, 0.05) is 5.41 Å². The monoisotopic (exact) mass is 256 g/mol. The van der Waals surface area contributed by atoms with Crippen molar-refractivity contribution in [2.24, 2.45) is 5.41 Å². The van der Waals surface area contributed by atoms with Crippen molar-refractivity contribution < 1.29 is 0 Å². The zero-order valence-corrected chi connectivity index (χ0v) is 11.3. The van der Waals surface area contributed by atoms with Gasteiger partial charge in [-0.05, 0) is 29.5 Å². The molecule has 0 saturated carbocycles. The molecule has 1 aromatic rings. The lowest BCUT2D eigenvalue weighted by Crippen LogP contribution is -2.45. The lowest BCUT2D eigenvalue weighted by molar-refractivity contribution is 0.336. The van der Waals surface area contributed by atoms with Crippen LogP contribution < -0.4 is 0 Å². The molecule has 1 aromatic carbocycles. The van der Waals surface area contributed by atoms with E-state index in [9.17, 15) is 0 Å². The molecule has 96 valence electrons. The van der Waals surface area contributed by atoms with E-state index in [1.807, 2.05) is 0 Å². The van der Waals surface area contributed by atoms with Crippen molar-refractivity contribution in [1.82, 2.24) is 0 Å².